The van der Waals surface area contributed by atoms with E-state index in [9.17, 15) is 14.4 Å². The minimum Gasteiger partial charge on any atom is -0.481 e. The summed E-state index contributed by atoms with van der Waals surface area (Å²) in [6.45, 7) is 0. The number of rotatable bonds is 7. The Morgan fingerprint density at radius 3 is 2.44 bits per heavy atom. The largest absolute Gasteiger partial charge is 0.481 e. The Kier molecular flexibility index (Phi) is 6.01. The van der Waals surface area contributed by atoms with Crippen LogP contribution in [0, 0.1) is 0 Å². The molecule has 0 heterocycles. The van der Waals surface area contributed by atoms with Crippen molar-refractivity contribution in [2.24, 2.45) is 0 Å². The number of carboxylic acid groups (broad SMARTS) is 1. The lowest BCUT2D eigenvalue weighted by Crippen LogP contribution is -2.15. The van der Waals surface area contributed by atoms with Crippen molar-refractivity contribution in [2.45, 2.75) is 44.9 Å². The Bertz CT molecular complexity index is 872. The number of nitrogens with one attached hydrogen (secondary N) is 1. The average Bonchev–Trinajstić information content (AvgIpc) is 2.67. The van der Waals surface area contributed by atoms with Crippen molar-refractivity contribution in [3.8, 4) is 0 Å². The van der Waals surface area contributed by atoms with Gasteiger partial charge in [-0.25, -0.2) is 0 Å². The summed E-state index contributed by atoms with van der Waals surface area (Å²) in [6.07, 6.45) is 4.47. The zero-order valence-corrected chi connectivity index (χ0v) is 15.2. The first-order valence-corrected chi connectivity index (χ1v) is 9.27. The third-order valence-electron chi connectivity index (χ3n) is 4.88. The summed E-state index contributed by atoms with van der Waals surface area (Å²) in [5.41, 5.74) is 4.25. The summed E-state index contributed by atoms with van der Waals surface area (Å²) in [5, 5.41) is 11.7. The highest BCUT2D eigenvalue weighted by Crippen LogP contribution is 2.23. The molecule has 0 saturated heterocycles. The summed E-state index contributed by atoms with van der Waals surface area (Å²) in [5.74, 6) is -1.30. The van der Waals surface area contributed by atoms with Crippen molar-refractivity contribution < 1.29 is 19.5 Å². The van der Waals surface area contributed by atoms with Gasteiger partial charge in [0.1, 0.15) is 0 Å². The van der Waals surface area contributed by atoms with E-state index in [0.29, 0.717) is 16.8 Å². The molecule has 140 valence electrons. The second-order valence-corrected chi connectivity index (χ2v) is 6.89. The third-order valence-corrected chi connectivity index (χ3v) is 4.88. The van der Waals surface area contributed by atoms with Gasteiger partial charge in [-0.05, 0) is 54.5 Å². The first-order valence-electron chi connectivity index (χ1n) is 9.27. The van der Waals surface area contributed by atoms with Crippen LogP contribution in [0.15, 0.2) is 42.5 Å². The van der Waals surface area contributed by atoms with Crippen LogP contribution in [0.5, 0.6) is 0 Å². The number of carbonyl (C=O) groups is 3. The molecule has 3 rings (SSSR count). The maximum atomic E-state index is 12.4. The van der Waals surface area contributed by atoms with Crippen LogP contribution >= 0.6 is 0 Å². The maximum Gasteiger partial charge on any atom is 0.307 e. The molecule has 5 nitrogen and oxygen atoms in total. The van der Waals surface area contributed by atoms with Crippen molar-refractivity contribution in [3.05, 3.63) is 64.7 Å². The number of ketones is 1. The highest BCUT2D eigenvalue weighted by atomic mass is 16.4. The Morgan fingerprint density at radius 2 is 1.67 bits per heavy atom. The van der Waals surface area contributed by atoms with Gasteiger partial charge < -0.3 is 10.4 Å². The highest BCUT2D eigenvalue weighted by Gasteiger charge is 2.15. The van der Waals surface area contributed by atoms with Crippen LogP contribution in [0.2, 0.25) is 0 Å². The van der Waals surface area contributed by atoms with Gasteiger partial charge >= 0.3 is 5.97 Å². The number of para-hydroxylation sites is 1. The van der Waals surface area contributed by atoms with Gasteiger partial charge in [-0.15, -0.1) is 0 Å². The molecule has 0 fully saturated rings. The van der Waals surface area contributed by atoms with Crippen molar-refractivity contribution in [1.82, 2.24) is 0 Å². The number of aryl methyl sites for hydroxylation is 2. The van der Waals surface area contributed by atoms with E-state index in [1.165, 1.54) is 17.5 Å². The van der Waals surface area contributed by atoms with Gasteiger partial charge in [-0.3, -0.25) is 14.4 Å². The molecule has 0 bridgehead atoms. The zero-order chi connectivity index (χ0) is 19.2. The topological polar surface area (TPSA) is 83.5 Å². The lowest BCUT2D eigenvalue weighted by molar-refractivity contribution is -0.136. The Hall–Kier alpha value is -2.95. The monoisotopic (exact) mass is 365 g/mol. The molecule has 1 aliphatic carbocycles. The molecule has 0 aromatic heterocycles. The maximum absolute atomic E-state index is 12.4. The highest BCUT2D eigenvalue weighted by molar-refractivity contribution is 6.00. The van der Waals surface area contributed by atoms with Gasteiger partial charge in [0.05, 0.1) is 6.42 Å². The van der Waals surface area contributed by atoms with Crippen LogP contribution in [0.3, 0.4) is 0 Å². The molecule has 0 unspecified atom stereocenters. The summed E-state index contributed by atoms with van der Waals surface area (Å²) in [7, 11) is 0. The van der Waals surface area contributed by atoms with Gasteiger partial charge in [-0.2, -0.15) is 0 Å². The minimum absolute atomic E-state index is 0.0441. The number of anilines is 1. The quantitative estimate of drug-likeness (QED) is 0.731. The molecule has 0 saturated carbocycles. The number of hydrogen-bond acceptors (Lipinski definition) is 3. The number of Topliss-reactive ketones (excluding diaryl/α,β-unsaturated/α-hetero) is 1. The lowest BCUT2D eigenvalue weighted by Gasteiger charge is -2.16. The van der Waals surface area contributed by atoms with Crippen LogP contribution in [0.25, 0.3) is 0 Å². The first-order chi connectivity index (χ1) is 13.0. The van der Waals surface area contributed by atoms with E-state index < -0.39 is 5.97 Å². The second kappa shape index (κ2) is 8.62. The van der Waals surface area contributed by atoms with Gasteiger partial charge in [0.15, 0.2) is 5.78 Å². The number of aliphatic carboxylic acids is 1. The van der Waals surface area contributed by atoms with Gasteiger partial charge in [0.25, 0.3) is 0 Å². The molecule has 27 heavy (non-hydrogen) atoms. The molecule has 1 aliphatic rings. The Morgan fingerprint density at radius 1 is 0.926 bits per heavy atom. The third kappa shape index (κ3) is 5.03. The van der Waals surface area contributed by atoms with E-state index >= 15 is 0 Å². The molecule has 2 aromatic carbocycles. The van der Waals surface area contributed by atoms with E-state index in [1.807, 2.05) is 18.2 Å². The molecular formula is C22H23NO4. The zero-order valence-electron chi connectivity index (χ0n) is 15.2. The van der Waals surface area contributed by atoms with Gasteiger partial charge in [-0.1, -0.05) is 30.3 Å². The average molecular weight is 365 g/mol. The van der Waals surface area contributed by atoms with Crippen molar-refractivity contribution in [3.63, 3.8) is 0 Å². The number of benzene rings is 2. The predicted molar refractivity (Wildman–Crippen MR) is 103 cm³/mol. The second-order valence-electron chi connectivity index (χ2n) is 6.89. The molecule has 0 radical (unpaired) electrons. The fourth-order valence-electron chi connectivity index (χ4n) is 3.45. The normalized spacial score (nSPS) is 12.9. The summed E-state index contributed by atoms with van der Waals surface area (Å²) < 4.78 is 0. The van der Waals surface area contributed by atoms with Crippen LogP contribution in [0.1, 0.15) is 52.7 Å². The minimum atomic E-state index is -0.959. The fourth-order valence-corrected chi connectivity index (χ4v) is 3.45. The predicted octanol–water partition coefficient (Wildman–Crippen LogP) is 3.79. The molecule has 2 N–H and O–H groups in total. The van der Waals surface area contributed by atoms with E-state index in [2.05, 4.69) is 5.32 Å². The van der Waals surface area contributed by atoms with Crippen LogP contribution in [0.4, 0.5) is 5.69 Å². The first kappa shape index (κ1) is 18.8. The standard InChI is InChI=1S/C22H23NO4/c24-20(18-10-9-15-5-1-2-6-16(15)13-18)11-12-21(25)23-19-8-4-3-7-17(19)14-22(26)27/h3-4,7-10,13H,1-2,5-6,11-12,14H2,(H,23,25)(H,26,27). The van der Waals surface area contributed by atoms with E-state index in [1.54, 1.807) is 24.3 Å². The van der Waals surface area contributed by atoms with Crippen LogP contribution in [-0.2, 0) is 28.9 Å². The van der Waals surface area contributed by atoms with E-state index in [0.717, 1.165) is 19.3 Å². The molecule has 1 amide bonds. The van der Waals surface area contributed by atoms with E-state index in [-0.39, 0.29) is 31.0 Å². The Balaban J connectivity index is 1.58. The number of amides is 1. The van der Waals surface area contributed by atoms with Crippen molar-refractivity contribution in [2.75, 3.05) is 5.32 Å². The van der Waals surface area contributed by atoms with E-state index in [4.69, 9.17) is 5.11 Å². The lowest BCUT2D eigenvalue weighted by atomic mass is 9.89. The molecule has 0 aliphatic heterocycles. The molecule has 2 aromatic rings. The van der Waals surface area contributed by atoms with Crippen molar-refractivity contribution >= 4 is 23.3 Å². The van der Waals surface area contributed by atoms with Crippen molar-refractivity contribution in [1.29, 1.82) is 0 Å². The van der Waals surface area contributed by atoms with Crippen LogP contribution in [-0.4, -0.2) is 22.8 Å². The smallest absolute Gasteiger partial charge is 0.307 e. The fraction of sp³-hybridized carbons (Fsp3) is 0.318. The number of carbonyl (C=O) groups excluding carboxylic acids is 2. The molecular weight excluding hydrogens is 342 g/mol. The molecule has 0 atom stereocenters. The molecule has 0 spiro atoms. The number of fused-ring (bicyclic) bond motifs is 1. The number of hydrogen-bond donors (Lipinski definition) is 2. The SMILES string of the molecule is O=C(O)Cc1ccccc1NC(=O)CCC(=O)c1ccc2c(c1)CCCC2. The summed E-state index contributed by atoms with van der Waals surface area (Å²) in [6, 6.07) is 12.7. The summed E-state index contributed by atoms with van der Waals surface area (Å²) >= 11 is 0. The summed E-state index contributed by atoms with van der Waals surface area (Å²) in [4.78, 5) is 35.6. The van der Waals surface area contributed by atoms with Crippen LogP contribution < -0.4 is 5.32 Å². The van der Waals surface area contributed by atoms with Gasteiger partial charge in [0, 0.05) is 24.1 Å². The van der Waals surface area contributed by atoms with Gasteiger partial charge in [0.2, 0.25) is 5.91 Å². The number of carboxylic acids is 1. The molecule has 5 heteroatoms. The Labute approximate surface area is 158 Å².